The number of halogens is 6. The summed E-state index contributed by atoms with van der Waals surface area (Å²) in [6.45, 7) is 1.57. The molecule has 1 aromatic rings. The first-order chi connectivity index (χ1) is 14.1. The predicted molar refractivity (Wildman–Crippen MR) is 96.2 cm³/mol. The maximum Gasteiger partial charge on any atom is 0.404 e. The van der Waals surface area contributed by atoms with Crippen molar-refractivity contribution in [2.75, 3.05) is 20.5 Å². The van der Waals surface area contributed by atoms with Crippen LogP contribution in [0.1, 0.15) is 55.2 Å². The molecular formula is C20H26F6O4. The minimum atomic E-state index is -5.51. The van der Waals surface area contributed by atoms with Crippen molar-refractivity contribution in [2.24, 2.45) is 0 Å². The van der Waals surface area contributed by atoms with Crippen molar-refractivity contribution in [2.45, 2.75) is 70.2 Å². The number of alkyl halides is 6. The smallest absolute Gasteiger partial charge is 0.404 e. The molecule has 30 heavy (non-hydrogen) atoms. The second-order valence-electron chi connectivity index (χ2n) is 7.03. The summed E-state index contributed by atoms with van der Waals surface area (Å²) in [6, 6.07) is 1.95. The Balaban J connectivity index is 2.53. The van der Waals surface area contributed by atoms with Gasteiger partial charge in [0.05, 0.1) is 6.61 Å². The maximum absolute atomic E-state index is 13.5. The van der Waals surface area contributed by atoms with Gasteiger partial charge in [-0.1, -0.05) is 19.4 Å². The Morgan fingerprint density at radius 1 is 1.07 bits per heavy atom. The lowest BCUT2D eigenvalue weighted by molar-refractivity contribution is -0.254. The van der Waals surface area contributed by atoms with E-state index in [1.54, 1.807) is 6.92 Å². The van der Waals surface area contributed by atoms with Gasteiger partial charge in [-0.15, -0.1) is 0 Å². The Labute approximate surface area is 171 Å². The summed E-state index contributed by atoms with van der Waals surface area (Å²) in [5.41, 5.74) is -0.792. The molecule has 0 amide bonds. The largest absolute Gasteiger partial charge is 0.467 e. The fourth-order valence-corrected chi connectivity index (χ4v) is 3.47. The van der Waals surface area contributed by atoms with E-state index in [2.05, 4.69) is 0 Å². The summed E-state index contributed by atoms with van der Waals surface area (Å²) >= 11 is 0. The second kappa shape index (κ2) is 10.7. The van der Waals surface area contributed by atoms with Gasteiger partial charge in [0.2, 0.25) is 0 Å². The molecule has 1 fully saturated rings. The molecule has 10 heteroatoms. The minimum Gasteiger partial charge on any atom is -0.467 e. The van der Waals surface area contributed by atoms with Gasteiger partial charge in [-0.2, -0.15) is 26.3 Å². The Morgan fingerprint density at radius 2 is 1.77 bits per heavy atom. The molecular weight excluding hydrogens is 418 g/mol. The summed E-state index contributed by atoms with van der Waals surface area (Å²) in [4.78, 5) is 0. The van der Waals surface area contributed by atoms with E-state index in [-0.39, 0.29) is 30.1 Å². The molecule has 4 nitrogen and oxygen atoms in total. The first-order valence-electron chi connectivity index (χ1n) is 9.72. The monoisotopic (exact) mass is 444 g/mol. The van der Waals surface area contributed by atoms with Crippen molar-refractivity contribution >= 4 is 0 Å². The number of methoxy groups -OCH3 is 1. The average Bonchev–Trinajstić information content (AvgIpc) is 2.65. The molecule has 0 saturated carbocycles. The van der Waals surface area contributed by atoms with Gasteiger partial charge in [-0.3, -0.25) is 0 Å². The SMILES string of the molecule is CCCc1c(OCOC)ccc(C(C(F)(F)F)C(F)(F)F)c1COC1CCCCO1. The zero-order valence-corrected chi connectivity index (χ0v) is 16.9. The molecule has 1 heterocycles. The molecule has 1 aliphatic heterocycles. The van der Waals surface area contributed by atoms with Crippen LogP contribution in [-0.4, -0.2) is 39.2 Å². The second-order valence-corrected chi connectivity index (χ2v) is 7.03. The van der Waals surface area contributed by atoms with E-state index in [4.69, 9.17) is 18.9 Å². The van der Waals surface area contributed by atoms with Crippen LogP contribution < -0.4 is 4.74 Å². The third kappa shape index (κ3) is 6.49. The van der Waals surface area contributed by atoms with E-state index in [1.165, 1.54) is 7.11 Å². The molecule has 1 atom stereocenters. The highest BCUT2D eigenvalue weighted by Crippen LogP contribution is 2.48. The number of rotatable bonds is 9. The standard InChI is InChI=1S/C20H26F6O4/c1-3-6-13-15(11-29-17-7-4-5-10-28-17)14(8-9-16(13)30-12-27-2)18(19(21,22)23)20(24,25)26/h8-9,17-18H,3-7,10-12H2,1-2H3. The number of ether oxygens (including phenoxy) is 4. The quantitative estimate of drug-likeness (QED) is 0.353. The lowest BCUT2D eigenvalue weighted by Crippen LogP contribution is -2.35. The molecule has 1 aliphatic rings. The van der Waals surface area contributed by atoms with Gasteiger partial charge in [0.25, 0.3) is 0 Å². The first-order valence-corrected chi connectivity index (χ1v) is 9.72. The summed E-state index contributed by atoms with van der Waals surface area (Å²) < 4.78 is 102. The summed E-state index contributed by atoms with van der Waals surface area (Å²) in [5.74, 6) is -3.45. The van der Waals surface area contributed by atoms with Gasteiger partial charge in [-0.25, -0.2) is 0 Å². The van der Waals surface area contributed by atoms with Crippen molar-refractivity contribution in [3.63, 3.8) is 0 Å². The van der Waals surface area contributed by atoms with E-state index < -0.39 is 36.7 Å². The highest BCUT2D eigenvalue weighted by atomic mass is 19.4. The number of hydrogen-bond donors (Lipinski definition) is 0. The van der Waals surface area contributed by atoms with E-state index in [1.807, 2.05) is 0 Å². The fraction of sp³-hybridized carbons (Fsp3) is 0.700. The topological polar surface area (TPSA) is 36.9 Å². The van der Waals surface area contributed by atoms with Crippen molar-refractivity contribution < 1.29 is 45.3 Å². The maximum atomic E-state index is 13.5. The van der Waals surface area contributed by atoms with E-state index in [0.717, 1.165) is 25.0 Å². The molecule has 172 valence electrons. The van der Waals surface area contributed by atoms with Gasteiger partial charge in [0.15, 0.2) is 19.0 Å². The molecule has 0 spiro atoms. The molecule has 1 aromatic carbocycles. The van der Waals surface area contributed by atoms with Crippen LogP contribution in [0.15, 0.2) is 12.1 Å². The minimum absolute atomic E-state index is 0.167. The molecule has 0 aromatic heterocycles. The average molecular weight is 444 g/mol. The molecule has 0 bridgehead atoms. The number of hydrogen-bond acceptors (Lipinski definition) is 4. The number of benzene rings is 1. The van der Waals surface area contributed by atoms with Crippen molar-refractivity contribution in [1.82, 2.24) is 0 Å². The molecule has 0 radical (unpaired) electrons. The van der Waals surface area contributed by atoms with Gasteiger partial charge >= 0.3 is 12.4 Å². The van der Waals surface area contributed by atoms with Crippen LogP contribution >= 0.6 is 0 Å². The first kappa shape index (κ1) is 24.7. The summed E-state index contributed by atoms with van der Waals surface area (Å²) in [6.07, 6.45) is -8.80. The molecule has 1 unspecified atom stereocenters. The van der Waals surface area contributed by atoms with Crippen LogP contribution in [0.3, 0.4) is 0 Å². The van der Waals surface area contributed by atoms with Crippen LogP contribution in [0, 0.1) is 0 Å². The van der Waals surface area contributed by atoms with Crippen LogP contribution in [0.5, 0.6) is 5.75 Å². The molecule has 1 saturated heterocycles. The van der Waals surface area contributed by atoms with E-state index in [9.17, 15) is 26.3 Å². The van der Waals surface area contributed by atoms with E-state index in [0.29, 0.717) is 19.4 Å². The van der Waals surface area contributed by atoms with Crippen LogP contribution in [0.25, 0.3) is 0 Å². The Kier molecular flexibility index (Phi) is 8.81. The van der Waals surface area contributed by atoms with E-state index >= 15 is 0 Å². The third-order valence-corrected chi connectivity index (χ3v) is 4.77. The highest BCUT2D eigenvalue weighted by Gasteiger charge is 2.58. The van der Waals surface area contributed by atoms with Gasteiger partial charge in [-0.05, 0) is 42.9 Å². The van der Waals surface area contributed by atoms with Crippen molar-refractivity contribution in [3.05, 3.63) is 28.8 Å². The zero-order valence-electron chi connectivity index (χ0n) is 16.9. The Hall–Kier alpha value is -1.52. The normalized spacial score (nSPS) is 18.1. The summed E-state index contributed by atoms with van der Waals surface area (Å²) in [5, 5.41) is 0. The lowest BCUT2D eigenvalue weighted by atomic mass is 9.88. The van der Waals surface area contributed by atoms with Crippen LogP contribution in [-0.2, 0) is 27.2 Å². The molecule has 2 rings (SSSR count). The highest BCUT2D eigenvalue weighted by molar-refractivity contribution is 5.47. The van der Waals surface area contributed by atoms with Gasteiger partial charge in [0.1, 0.15) is 5.75 Å². The Morgan fingerprint density at radius 3 is 2.30 bits per heavy atom. The van der Waals surface area contributed by atoms with Crippen molar-refractivity contribution in [3.8, 4) is 5.75 Å². The van der Waals surface area contributed by atoms with Gasteiger partial charge in [0, 0.05) is 19.3 Å². The molecule has 0 N–H and O–H groups in total. The Bertz CT molecular complexity index is 654. The lowest BCUT2D eigenvalue weighted by Gasteiger charge is -2.29. The predicted octanol–water partition coefficient (Wildman–Crippen LogP) is 5.87. The van der Waals surface area contributed by atoms with Gasteiger partial charge < -0.3 is 18.9 Å². The van der Waals surface area contributed by atoms with Crippen LogP contribution in [0.4, 0.5) is 26.3 Å². The van der Waals surface area contributed by atoms with Crippen molar-refractivity contribution in [1.29, 1.82) is 0 Å². The zero-order chi connectivity index (χ0) is 22.4. The summed E-state index contributed by atoms with van der Waals surface area (Å²) in [7, 11) is 1.36. The van der Waals surface area contributed by atoms with Crippen LogP contribution in [0.2, 0.25) is 0 Å². The third-order valence-electron chi connectivity index (χ3n) is 4.77. The fourth-order valence-electron chi connectivity index (χ4n) is 3.47. The molecule has 0 aliphatic carbocycles.